The zero-order valence-corrected chi connectivity index (χ0v) is 16.7. The zero-order valence-electron chi connectivity index (χ0n) is 15.2. The van der Waals surface area contributed by atoms with Crippen LogP contribution in [0.15, 0.2) is 30.3 Å². The molecule has 1 saturated carbocycles. The molecular formula is C20H19Cl2FN2O3. The molecule has 1 fully saturated rings. The van der Waals surface area contributed by atoms with Crippen molar-refractivity contribution in [3.05, 3.63) is 57.5 Å². The third-order valence-corrected chi connectivity index (χ3v) is 5.60. The number of anilines is 1. The SMILES string of the molecule is Cc1nc(NC(=O)COC(=O)C2(c3ccccc3F)CCCC2)c(Cl)cc1Cl. The van der Waals surface area contributed by atoms with Crippen molar-refractivity contribution in [2.24, 2.45) is 0 Å². The molecule has 28 heavy (non-hydrogen) atoms. The highest BCUT2D eigenvalue weighted by atomic mass is 35.5. The lowest BCUT2D eigenvalue weighted by Crippen LogP contribution is -2.37. The third-order valence-electron chi connectivity index (χ3n) is 4.93. The van der Waals surface area contributed by atoms with Crippen LogP contribution in [-0.2, 0) is 19.7 Å². The average Bonchev–Trinajstić information content (AvgIpc) is 3.15. The molecule has 0 aliphatic heterocycles. The Morgan fingerprint density at radius 3 is 2.57 bits per heavy atom. The Hall–Kier alpha value is -2.18. The minimum atomic E-state index is -1.06. The fraction of sp³-hybridized carbons (Fsp3) is 0.350. The molecule has 1 aromatic heterocycles. The molecule has 1 heterocycles. The number of benzene rings is 1. The summed E-state index contributed by atoms with van der Waals surface area (Å²) in [6.45, 7) is 1.15. The van der Waals surface area contributed by atoms with Crippen LogP contribution in [0.3, 0.4) is 0 Å². The highest BCUT2D eigenvalue weighted by Gasteiger charge is 2.45. The average molecular weight is 425 g/mol. The second kappa shape index (κ2) is 8.45. The number of nitrogens with zero attached hydrogens (tertiary/aromatic N) is 1. The van der Waals surface area contributed by atoms with Crippen molar-refractivity contribution < 1.29 is 18.7 Å². The maximum atomic E-state index is 14.3. The van der Waals surface area contributed by atoms with Gasteiger partial charge in [-0.3, -0.25) is 9.59 Å². The van der Waals surface area contributed by atoms with Crippen molar-refractivity contribution in [1.82, 2.24) is 4.98 Å². The number of esters is 1. The maximum Gasteiger partial charge on any atom is 0.317 e. The van der Waals surface area contributed by atoms with E-state index in [1.54, 1.807) is 25.1 Å². The topological polar surface area (TPSA) is 68.3 Å². The van der Waals surface area contributed by atoms with Crippen LogP contribution in [0.4, 0.5) is 10.2 Å². The summed E-state index contributed by atoms with van der Waals surface area (Å²) < 4.78 is 19.6. The van der Waals surface area contributed by atoms with E-state index in [1.165, 1.54) is 12.1 Å². The van der Waals surface area contributed by atoms with E-state index in [4.69, 9.17) is 27.9 Å². The number of pyridine rings is 1. The maximum absolute atomic E-state index is 14.3. The molecule has 3 rings (SSSR count). The van der Waals surface area contributed by atoms with E-state index < -0.39 is 29.7 Å². The number of hydrogen-bond donors (Lipinski definition) is 1. The van der Waals surface area contributed by atoms with Crippen molar-refractivity contribution in [2.75, 3.05) is 11.9 Å². The van der Waals surface area contributed by atoms with Gasteiger partial charge in [-0.25, -0.2) is 9.37 Å². The van der Waals surface area contributed by atoms with Crippen molar-refractivity contribution in [1.29, 1.82) is 0 Å². The molecule has 0 unspecified atom stereocenters. The van der Waals surface area contributed by atoms with Crippen LogP contribution in [0.2, 0.25) is 10.0 Å². The van der Waals surface area contributed by atoms with Gasteiger partial charge in [-0.2, -0.15) is 0 Å². The predicted octanol–water partition coefficient (Wildman–Crippen LogP) is 4.83. The van der Waals surface area contributed by atoms with E-state index in [-0.39, 0.29) is 10.8 Å². The second-order valence-corrected chi connectivity index (χ2v) is 7.59. The van der Waals surface area contributed by atoms with Gasteiger partial charge in [0.2, 0.25) is 0 Å². The number of rotatable bonds is 5. The number of carbonyl (C=O) groups is 2. The van der Waals surface area contributed by atoms with Gasteiger partial charge in [-0.1, -0.05) is 54.2 Å². The second-order valence-electron chi connectivity index (χ2n) is 6.78. The zero-order chi connectivity index (χ0) is 20.3. The van der Waals surface area contributed by atoms with Gasteiger partial charge in [-0.15, -0.1) is 0 Å². The van der Waals surface area contributed by atoms with Crippen LogP contribution in [0.5, 0.6) is 0 Å². The van der Waals surface area contributed by atoms with Gasteiger partial charge in [0, 0.05) is 5.56 Å². The smallest absolute Gasteiger partial charge is 0.317 e. The lowest BCUT2D eigenvalue weighted by Gasteiger charge is -2.27. The number of aromatic nitrogens is 1. The molecule has 1 N–H and O–H groups in total. The van der Waals surface area contributed by atoms with Crippen LogP contribution in [-0.4, -0.2) is 23.5 Å². The molecule has 0 spiro atoms. The highest BCUT2D eigenvalue weighted by molar-refractivity contribution is 6.36. The van der Waals surface area contributed by atoms with E-state index in [1.807, 2.05) is 0 Å². The Morgan fingerprint density at radius 1 is 1.21 bits per heavy atom. The Balaban J connectivity index is 1.69. The number of carbonyl (C=O) groups excluding carboxylic acids is 2. The molecule has 2 aromatic rings. The number of hydrogen-bond acceptors (Lipinski definition) is 4. The van der Waals surface area contributed by atoms with Gasteiger partial charge in [0.05, 0.1) is 21.2 Å². The summed E-state index contributed by atoms with van der Waals surface area (Å²) in [5.74, 6) is -1.50. The fourth-order valence-corrected chi connectivity index (χ4v) is 3.90. The van der Waals surface area contributed by atoms with Crippen molar-refractivity contribution in [3.63, 3.8) is 0 Å². The molecular weight excluding hydrogens is 406 g/mol. The van der Waals surface area contributed by atoms with Crippen LogP contribution in [0, 0.1) is 12.7 Å². The first-order valence-electron chi connectivity index (χ1n) is 8.88. The van der Waals surface area contributed by atoms with Crippen molar-refractivity contribution in [2.45, 2.75) is 38.0 Å². The molecule has 5 nitrogen and oxygen atoms in total. The first kappa shape index (κ1) is 20.6. The minimum Gasteiger partial charge on any atom is -0.455 e. The van der Waals surface area contributed by atoms with Gasteiger partial charge in [0.1, 0.15) is 5.82 Å². The van der Waals surface area contributed by atoms with Crippen LogP contribution >= 0.6 is 23.2 Å². The predicted molar refractivity (Wildman–Crippen MR) is 105 cm³/mol. The summed E-state index contributed by atoms with van der Waals surface area (Å²) in [6.07, 6.45) is 2.55. The normalized spacial score (nSPS) is 15.3. The number of halogens is 3. The molecule has 1 aliphatic carbocycles. The Bertz CT molecular complexity index is 914. The Kier molecular flexibility index (Phi) is 6.20. The molecule has 1 aliphatic rings. The summed E-state index contributed by atoms with van der Waals surface area (Å²) in [5, 5.41) is 3.05. The number of amides is 1. The number of ether oxygens (including phenoxy) is 1. The molecule has 0 radical (unpaired) electrons. The van der Waals surface area contributed by atoms with Gasteiger partial charge < -0.3 is 10.1 Å². The summed E-state index contributed by atoms with van der Waals surface area (Å²) in [7, 11) is 0. The summed E-state index contributed by atoms with van der Waals surface area (Å²) in [6, 6.07) is 7.66. The quantitative estimate of drug-likeness (QED) is 0.697. The molecule has 0 bridgehead atoms. The lowest BCUT2D eigenvalue weighted by atomic mass is 9.78. The van der Waals surface area contributed by atoms with Gasteiger partial charge in [0.15, 0.2) is 12.4 Å². The van der Waals surface area contributed by atoms with Crippen LogP contribution in [0.25, 0.3) is 0 Å². The van der Waals surface area contributed by atoms with Crippen LogP contribution in [0.1, 0.15) is 36.9 Å². The van der Waals surface area contributed by atoms with Crippen molar-refractivity contribution >= 4 is 40.9 Å². The number of aryl methyl sites for hydroxylation is 1. The van der Waals surface area contributed by atoms with Crippen LogP contribution < -0.4 is 5.32 Å². The summed E-state index contributed by atoms with van der Waals surface area (Å²) >= 11 is 11.9. The monoisotopic (exact) mass is 424 g/mol. The van der Waals surface area contributed by atoms with Gasteiger partial charge in [-0.05, 0) is 31.9 Å². The van der Waals surface area contributed by atoms with Crippen molar-refractivity contribution in [3.8, 4) is 0 Å². The van der Waals surface area contributed by atoms with Gasteiger partial charge >= 0.3 is 5.97 Å². The first-order valence-corrected chi connectivity index (χ1v) is 9.64. The number of nitrogens with one attached hydrogen (secondary N) is 1. The molecule has 0 atom stereocenters. The fourth-order valence-electron chi connectivity index (χ4n) is 3.49. The summed E-state index contributed by atoms with van der Waals surface area (Å²) in [5.41, 5.74) is -0.239. The molecule has 1 aromatic carbocycles. The highest BCUT2D eigenvalue weighted by Crippen LogP contribution is 2.43. The molecule has 1 amide bonds. The van der Waals surface area contributed by atoms with E-state index in [9.17, 15) is 14.0 Å². The van der Waals surface area contributed by atoms with E-state index in [0.717, 1.165) is 12.8 Å². The van der Waals surface area contributed by atoms with E-state index >= 15 is 0 Å². The first-order chi connectivity index (χ1) is 13.3. The molecule has 8 heteroatoms. The minimum absolute atomic E-state index is 0.134. The Labute approximate surface area is 172 Å². The third kappa shape index (κ3) is 4.13. The molecule has 148 valence electrons. The Morgan fingerprint density at radius 2 is 1.89 bits per heavy atom. The standard InChI is InChI=1S/C20H19Cl2FN2O3/c1-12-14(21)10-15(22)18(24-12)25-17(26)11-28-19(27)20(8-4-5-9-20)13-6-2-3-7-16(13)23/h2-3,6-7,10H,4-5,8-9,11H2,1H3,(H,24,25,26). The summed E-state index contributed by atoms with van der Waals surface area (Å²) in [4.78, 5) is 29.1. The molecule has 0 saturated heterocycles. The largest absolute Gasteiger partial charge is 0.455 e. The van der Waals surface area contributed by atoms with E-state index in [2.05, 4.69) is 10.3 Å². The van der Waals surface area contributed by atoms with Gasteiger partial charge in [0.25, 0.3) is 5.91 Å². The lowest BCUT2D eigenvalue weighted by molar-refractivity contribution is -0.153. The van der Waals surface area contributed by atoms with E-state index in [0.29, 0.717) is 29.1 Å².